The van der Waals surface area contributed by atoms with E-state index in [0.29, 0.717) is 6.04 Å². The average Bonchev–Trinajstić information content (AvgIpc) is 2.68. The van der Waals surface area contributed by atoms with E-state index in [1.54, 1.807) is 0 Å². The van der Waals surface area contributed by atoms with E-state index < -0.39 is 0 Å². The molecule has 0 heterocycles. The Morgan fingerprint density at radius 3 is 2.47 bits per heavy atom. The summed E-state index contributed by atoms with van der Waals surface area (Å²) in [5.41, 5.74) is 2.77. The van der Waals surface area contributed by atoms with Crippen LogP contribution in [0.4, 0.5) is 0 Å². The number of halogens is 1. The summed E-state index contributed by atoms with van der Waals surface area (Å²) >= 11 is 3.68. The summed E-state index contributed by atoms with van der Waals surface area (Å²) in [7, 11) is 0. The lowest BCUT2D eigenvalue weighted by Gasteiger charge is -2.28. The Hall–Kier alpha value is -0.340. The van der Waals surface area contributed by atoms with E-state index in [1.165, 1.54) is 54.1 Å². The van der Waals surface area contributed by atoms with Crippen molar-refractivity contribution in [2.45, 2.75) is 58.4 Å². The van der Waals surface area contributed by atoms with E-state index in [2.05, 4.69) is 53.3 Å². The maximum atomic E-state index is 3.72. The Kier molecular flexibility index (Phi) is 5.90. The Balaban J connectivity index is 2.19. The minimum Gasteiger partial charge on any atom is -0.310 e. The van der Waals surface area contributed by atoms with Crippen LogP contribution in [0.3, 0.4) is 0 Å². The van der Waals surface area contributed by atoms with Crippen LogP contribution in [0, 0.1) is 12.8 Å². The van der Waals surface area contributed by atoms with Gasteiger partial charge in [0.05, 0.1) is 0 Å². The summed E-state index contributed by atoms with van der Waals surface area (Å²) in [6.45, 7) is 5.42. The van der Waals surface area contributed by atoms with Gasteiger partial charge in [0, 0.05) is 10.5 Å². The highest BCUT2D eigenvalue weighted by molar-refractivity contribution is 9.10. The van der Waals surface area contributed by atoms with Crippen molar-refractivity contribution in [1.82, 2.24) is 5.32 Å². The van der Waals surface area contributed by atoms with E-state index in [0.717, 1.165) is 12.5 Å². The summed E-state index contributed by atoms with van der Waals surface area (Å²) in [6.07, 6.45) is 8.41. The van der Waals surface area contributed by atoms with Crippen molar-refractivity contribution in [3.63, 3.8) is 0 Å². The molecule has 0 spiro atoms. The van der Waals surface area contributed by atoms with Gasteiger partial charge < -0.3 is 5.32 Å². The van der Waals surface area contributed by atoms with Gasteiger partial charge in [-0.3, -0.25) is 0 Å². The van der Waals surface area contributed by atoms with Crippen LogP contribution in [-0.2, 0) is 0 Å². The third-order valence-corrected chi connectivity index (χ3v) is 5.20. The molecule has 1 fully saturated rings. The summed E-state index contributed by atoms with van der Waals surface area (Å²) < 4.78 is 1.24. The first-order chi connectivity index (χ1) is 9.22. The molecule has 1 unspecified atom stereocenters. The molecule has 0 aliphatic heterocycles. The lowest BCUT2D eigenvalue weighted by atomic mass is 9.87. The maximum Gasteiger partial charge on any atom is 0.0348 e. The molecule has 0 amide bonds. The van der Waals surface area contributed by atoms with E-state index >= 15 is 0 Å². The van der Waals surface area contributed by atoms with Crippen molar-refractivity contribution in [3.05, 3.63) is 33.8 Å². The quantitative estimate of drug-likeness (QED) is 0.733. The van der Waals surface area contributed by atoms with E-state index in [-0.39, 0.29) is 0 Å². The number of hydrogen-bond acceptors (Lipinski definition) is 1. The molecule has 2 rings (SSSR count). The average molecular weight is 324 g/mol. The van der Waals surface area contributed by atoms with Gasteiger partial charge >= 0.3 is 0 Å². The first kappa shape index (κ1) is 15.1. The molecule has 19 heavy (non-hydrogen) atoms. The zero-order chi connectivity index (χ0) is 13.7. The minimum absolute atomic E-state index is 0.528. The molecule has 0 radical (unpaired) electrons. The smallest absolute Gasteiger partial charge is 0.0348 e. The number of rotatable bonds is 4. The van der Waals surface area contributed by atoms with Gasteiger partial charge in [0.2, 0.25) is 0 Å². The van der Waals surface area contributed by atoms with Crippen LogP contribution in [0.2, 0.25) is 0 Å². The SMILES string of the molecule is CCNC(c1ccc(C)c(Br)c1)C1CCCCCC1. The van der Waals surface area contributed by atoms with Crippen LogP contribution in [0.5, 0.6) is 0 Å². The highest BCUT2D eigenvalue weighted by Crippen LogP contribution is 2.34. The zero-order valence-corrected chi connectivity index (χ0v) is 13.8. The number of aryl methyl sites for hydroxylation is 1. The van der Waals surface area contributed by atoms with E-state index in [4.69, 9.17) is 0 Å². The Morgan fingerprint density at radius 1 is 1.21 bits per heavy atom. The van der Waals surface area contributed by atoms with Gasteiger partial charge in [-0.2, -0.15) is 0 Å². The van der Waals surface area contributed by atoms with Crippen LogP contribution >= 0.6 is 15.9 Å². The van der Waals surface area contributed by atoms with Crippen LogP contribution in [-0.4, -0.2) is 6.54 Å². The van der Waals surface area contributed by atoms with Crippen molar-refractivity contribution in [3.8, 4) is 0 Å². The Bertz CT molecular complexity index is 394. The molecule has 0 bridgehead atoms. The molecule has 2 heteroatoms. The van der Waals surface area contributed by atoms with Crippen molar-refractivity contribution in [2.75, 3.05) is 6.54 Å². The first-order valence-electron chi connectivity index (χ1n) is 7.71. The first-order valence-corrected chi connectivity index (χ1v) is 8.51. The Morgan fingerprint density at radius 2 is 1.89 bits per heavy atom. The lowest BCUT2D eigenvalue weighted by molar-refractivity contribution is 0.330. The standard InChI is InChI=1S/C17H26BrN/c1-3-19-17(14-8-6-4-5-7-9-14)15-11-10-13(2)16(18)12-15/h10-12,14,17,19H,3-9H2,1-2H3. The third-order valence-electron chi connectivity index (χ3n) is 4.35. The van der Waals surface area contributed by atoms with Crippen LogP contribution in [0.1, 0.15) is 62.6 Å². The van der Waals surface area contributed by atoms with Gasteiger partial charge in [0.25, 0.3) is 0 Å². The van der Waals surface area contributed by atoms with Gasteiger partial charge in [-0.05, 0) is 49.4 Å². The summed E-state index contributed by atoms with van der Waals surface area (Å²) in [5, 5.41) is 3.72. The molecule has 0 aromatic heterocycles. The third kappa shape index (κ3) is 4.06. The van der Waals surface area contributed by atoms with Crippen molar-refractivity contribution >= 4 is 15.9 Å². The van der Waals surface area contributed by atoms with Gasteiger partial charge in [0.1, 0.15) is 0 Å². The highest BCUT2D eigenvalue weighted by Gasteiger charge is 2.23. The van der Waals surface area contributed by atoms with Crippen molar-refractivity contribution in [1.29, 1.82) is 0 Å². The molecule has 0 saturated heterocycles. The van der Waals surface area contributed by atoms with Gasteiger partial charge in [-0.25, -0.2) is 0 Å². The Labute approximate surface area is 126 Å². The monoisotopic (exact) mass is 323 g/mol. The molecule has 1 atom stereocenters. The van der Waals surface area contributed by atoms with Crippen LogP contribution in [0.15, 0.2) is 22.7 Å². The second-order valence-corrected chi connectivity index (χ2v) is 6.65. The van der Waals surface area contributed by atoms with Gasteiger partial charge in [0.15, 0.2) is 0 Å². The molecule has 1 N–H and O–H groups in total. The van der Waals surface area contributed by atoms with E-state index in [9.17, 15) is 0 Å². The number of hydrogen-bond donors (Lipinski definition) is 1. The largest absolute Gasteiger partial charge is 0.310 e. The molecule has 1 aliphatic carbocycles. The van der Waals surface area contributed by atoms with Crippen LogP contribution in [0.25, 0.3) is 0 Å². The second-order valence-electron chi connectivity index (χ2n) is 5.80. The van der Waals surface area contributed by atoms with Crippen molar-refractivity contribution < 1.29 is 0 Å². The fourth-order valence-electron chi connectivity index (χ4n) is 3.22. The molecule has 1 aromatic carbocycles. The number of nitrogens with one attached hydrogen (secondary N) is 1. The van der Waals surface area contributed by atoms with Crippen molar-refractivity contribution in [2.24, 2.45) is 5.92 Å². The second kappa shape index (κ2) is 7.44. The van der Waals surface area contributed by atoms with Crippen LogP contribution < -0.4 is 5.32 Å². The molecular formula is C17H26BrN. The molecule has 1 aromatic rings. The van der Waals surface area contributed by atoms with Gasteiger partial charge in [-0.15, -0.1) is 0 Å². The fraction of sp³-hybridized carbons (Fsp3) is 0.647. The predicted molar refractivity (Wildman–Crippen MR) is 86.5 cm³/mol. The van der Waals surface area contributed by atoms with Gasteiger partial charge in [-0.1, -0.05) is 60.7 Å². The molecule has 1 nitrogen and oxygen atoms in total. The predicted octanol–water partition coefficient (Wildman–Crippen LogP) is 5.38. The maximum absolute atomic E-state index is 3.72. The fourth-order valence-corrected chi connectivity index (χ4v) is 3.62. The summed E-state index contributed by atoms with van der Waals surface area (Å²) in [5.74, 6) is 0.803. The summed E-state index contributed by atoms with van der Waals surface area (Å²) in [6, 6.07) is 7.38. The lowest BCUT2D eigenvalue weighted by Crippen LogP contribution is -2.28. The molecule has 1 saturated carbocycles. The molecular weight excluding hydrogens is 298 g/mol. The topological polar surface area (TPSA) is 12.0 Å². The summed E-state index contributed by atoms with van der Waals surface area (Å²) in [4.78, 5) is 0. The highest BCUT2D eigenvalue weighted by atomic mass is 79.9. The molecule has 106 valence electrons. The normalized spacial score (nSPS) is 19.1. The minimum atomic E-state index is 0.528. The molecule has 1 aliphatic rings. The number of benzene rings is 1. The zero-order valence-electron chi connectivity index (χ0n) is 12.2. The van der Waals surface area contributed by atoms with E-state index in [1.807, 2.05) is 0 Å².